The van der Waals surface area contributed by atoms with Crippen LogP contribution in [-0.4, -0.2) is 35.3 Å². The van der Waals surface area contributed by atoms with E-state index >= 15 is 0 Å². The van der Waals surface area contributed by atoms with Crippen molar-refractivity contribution in [3.8, 4) is 0 Å². The zero-order chi connectivity index (χ0) is 17.1. The predicted octanol–water partition coefficient (Wildman–Crippen LogP) is 2.53. The van der Waals surface area contributed by atoms with Gasteiger partial charge in [-0.1, -0.05) is 37.3 Å². The molecule has 1 aliphatic rings. The Bertz CT molecular complexity index is 723. The molecule has 1 saturated heterocycles. The van der Waals surface area contributed by atoms with Gasteiger partial charge in [0.25, 0.3) is 5.91 Å². The second-order valence-corrected chi connectivity index (χ2v) is 6.26. The van der Waals surface area contributed by atoms with Crippen molar-refractivity contribution in [3.63, 3.8) is 0 Å². The molecule has 2 aromatic rings. The van der Waals surface area contributed by atoms with Gasteiger partial charge < -0.3 is 15.2 Å². The molecule has 126 valence electrons. The highest BCUT2D eigenvalue weighted by atomic mass is 16.2. The van der Waals surface area contributed by atoms with Crippen LogP contribution in [0.25, 0.3) is 0 Å². The number of carbonyl (C=O) groups excluding carboxylic acids is 2. The predicted molar refractivity (Wildman–Crippen MR) is 92.6 cm³/mol. The van der Waals surface area contributed by atoms with E-state index in [9.17, 15) is 9.59 Å². The Balaban J connectivity index is 1.71. The molecule has 0 unspecified atom stereocenters. The molecule has 2 N–H and O–H groups in total. The Morgan fingerprint density at radius 1 is 1.29 bits per heavy atom. The number of hydrogen-bond donors (Lipinski definition) is 2. The average Bonchev–Trinajstić information content (AvgIpc) is 3.18. The first-order chi connectivity index (χ1) is 11.6. The van der Waals surface area contributed by atoms with E-state index in [-0.39, 0.29) is 23.8 Å². The number of benzene rings is 1. The Hall–Kier alpha value is -2.56. The highest BCUT2D eigenvalue weighted by Crippen LogP contribution is 2.36. The van der Waals surface area contributed by atoms with Gasteiger partial charge in [0.15, 0.2) is 0 Å². The summed E-state index contributed by atoms with van der Waals surface area (Å²) in [5.74, 6) is 0.124. The Labute approximate surface area is 142 Å². The molecule has 0 radical (unpaired) electrons. The van der Waals surface area contributed by atoms with Gasteiger partial charge in [-0.3, -0.25) is 9.59 Å². The minimum absolute atomic E-state index is 0.0101. The third-order valence-electron chi connectivity index (χ3n) is 4.79. The smallest absolute Gasteiger partial charge is 0.253 e. The largest absolute Gasteiger partial charge is 0.364 e. The van der Waals surface area contributed by atoms with Gasteiger partial charge >= 0.3 is 0 Å². The van der Waals surface area contributed by atoms with Gasteiger partial charge in [-0.05, 0) is 18.1 Å². The molecule has 5 heteroatoms. The van der Waals surface area contributed by atoms with E-state index in [1.54, 1.807) is 17.2 Å². The van der Waals surface area contributed by atoms with Crippen LogP contribution in [-0.2, 0) is 11.2 Å². The van der Waals surface area contributed by atoms with Crippen molar-refractivity contribution in [2.24, 2.45) is 5.92 Å². The summed E-state index contributed by atoms with van der Waals surface area (Å²) < 4.78 is 0. The lowest BCUT2D eigenvalue weighted by Crippen LogP contribution is -2.32. The van der Waals surface area contributed by atoms with Crippen LogP contribution in [0, 0.1) is 5.92 Å². The second-order valence-electron chi connectivity index (χ2n) is 6.26. The highest BCUT2D eigenvalue weighted by Gasteiger charge is 2.38. The molecular weight excluding hydrogens is 302 g/mol. The first kappa shape index (κ1) is 16.3. The number of H-pyrrole nitrogens is 1. The van der Waals surface area contributed by atoms with Crippen molar-refractivity contribution in [3.05, 3.63) is 59.4 Å². The van der Waals surface area contributed by atoms with Crippen LogP contribution in [0.4, 0.5) is 0 Å². The fourth-order valence-electron chi connectivity index (χ4n) is 3.51. The van der Waals surface area contributed by atoms with Crippen LogP contribution >= 0.6 is 0 Å². The van der Waals surface area contributed by atoms with Gasteiger partial charge in [0.1, 0.15) is 0 Å². The molecule has 0 aliphatic carbocycles. The topological polar surface area (TPSA) is 65.2 Å². The lowest BCUT2D eigenvalue weighted by atomic mass is 9.93. The van der Waals surface area contributed by atoms with Gasteiger partial charge in [0, 0.05) is 37.8 Å². The van der Waals surface area contributed by atoms with Crippen LogP contribution < -0.4 is 5.32 Å². The maximum absolute atomic E-state index is 12.4. The molecule has 3 rings (SSSR count). The van der Waals surface area contributed by atoms with E-state index in [1.807, 2.05) is 44.3 Å². The fraction of sp³-hybridized carbons (Fsp3) is 0.368. The Morgan fingerprint density at radius 2 is 2.04 bits per heavy atom. The fourth-order valence-corrected chi connectivity index (χ4v) is 3.51. The molecule has 0 bridgehead atoms. The second kappa shape index (κ2) is 6.91. The first-order valence-electron chi connectivity index (χ1n) is 8.36. The minimum Gasteiger partial charge on any atom is -0.364 e. The average molecular weight is 325 g/mol. The number of nitrogens with zero attached hydrogens (tertiary/aromatic N) is 1. The number of hydrogen-bond acceptors (Lipinski definition) is 2. The lowest BCUT2D eigenvalue weighted by molar-refractivity contribution is -0.127. The Kier molecular flexibility index (Phi) is 4.69. The SMILES string of the molecule is CCc1[nH]ccc1C(=O)NC[C@@H]1CC(=O)N(C)[C@H]1c1ccccc1. The number of likely N-dealkylation sites (tertiary alicyclic amines) is 1. The third kappa shape index (κ3) is 3.07. The minimum atomic E-state index is -0.0816. The van der Waals surface area contributed by atoms with E-state index in [0.29, 0.717) is 18.5 Å². The summed E-state index contributed by atoms with van der Waals surface area (Å²) in [5, 5.41) is 3.00. The molecule has 1 aromatic heterocycles. The maximum atomic E-state index is 12.4. The molecule has 1 aliphatic heterocycles. The molecule has 2 amide bonds. The molecule has 1 fully saturated rings. The van der Waals surface area contributed by atoms with Crippen molar-refractivity contribution in [1.29, 1.82) is 0 Å². The summed E-state index contributed by atoms with van der Waals surface area (Å²) in [6.07, 6.45) is 3.03. The summed E-state index contributed by atoms with van der Waals surface area (Å²) in [5.41, 5.74) is 2.74. The lowest BCUT2D eigenvalue weighted by Gasteiger charge is -2.25. The normalized spacial score (nSPS) is 20.4. The monoisotopic (exact) mass is 325 g/mol. The third-order valence-corrected chi connectivity index (χ3v) is 4.79. The van der Waals surface area contributed by atoms with Crippen LogP contribution in [0.5, 0.6) is 0 Å². The molecule has 1 aromatic carbocycles. The summed E-state index contributed by atoms with van der Waals surface area (Å²) in [6, 6.07) is 11.8. The van der Waals surface area contributed by atoms with Gasteiger partial charge in [-0.15, -0.1) is 0 Å². The van der Waals surface area contributed by atoms with Gasteiger partial charge in [0.05, 0.1) is 11.6 Å². The first-order valence-corrected chi connectivity index (χ1v) is 8.36. The number of aromatic amines is 1. The number of carbonyl (C=O) groups is 2. The number of aromatic nitrogens is 1. The van der Waals surface area contributed by atoms with Crippen LogP contribution in [0.15, 0.2) is 42.6 Å². The molecule has 5 nitrogen and oxygen atoms in total. The maximum Gasteiger partial charge on any atom is 0.253 e. The zero-order valence-corrected chi connectivity index (χ0v) is 14.1. The molecule has 24 heavy (non-hydrogen) atoms. The molecular formula is C19H23N3O2. The molecule has 2 heterocycles. The van der Waals surface area contributed by atoms with Crippen molar-refractivity contribution in [2.45, 2.75) is 25.8 Å². The summed E-state index contributed by atoms with van der Waals surface area (Å²) in [4.78, 5) is 29.5. The van der Waals surface area contributed by atoms with Gasteiger partial charge in [-0.25, -0.2) is 0 Å². The standard InChI is InChI=1S/C19H23N3O2/c1-3-16-15(9-10-20-16)19(24)21-12-14-11-17(23)22(2)18(14)13-7-5-4-6-8-13/h4-10,14,18,20H,3,11-12H2,1-2H3,(H,21,24)/t14-,18-/m0/s1. The van der Waals surface area contributed by atoms with Gasteiger partial charge in [-0.2, -0.15) is 0 Å². The number of rotatable bonds is 5. The van der Waals surface area contributed by atoms with E-state index < -0.39 is 0 Å². The molecule has 0 saturated carbocycles. The van der Waals surface area contributed by atoms with Crippen LogP contribution in [0.1, 0.15) is 41.0 Å². The van der Waals surface area contributed by atoms with E-state index in [0.717, 1.165) is 17.7 Å². The van der Waals surface area contributed by atoms with Crippen LogP contribution in [0.3, 0.4) is 0 Å². The Morgan fingerprint density at radius 3 is 2.75 bits per heavy atom. The molecule has 0 spiro atoms. The van der Waals surface area contributed by atoms with Crippen molar-refractivity contribution in [2.75, 3.05) is 13.6 Å². The number of aryl methyl sites for hydroxylation is 1. The van der Waals surface area contributed by atoms with Crippen LogP contribution in [0.2, 0.25) is 0 Å². The molecule has 2 atom stereocenters. The van der Waals surface area contributed by atoms with E-state index in [1.165, 1.54) is 0 Å². The van der Waals surface area contributed by atoms with Crippen molar-refractivity contribution in [1.82, 2.24) is 15.2 Å². The quantitative estimate of drug-likeness (QED) is 0.887. The number of nitrogens with one attached hydrogen (secondary N) is 2. The van der Waals surface area contributed by atoms with Crippen molar-refractivity contribution < 1.29 is 9.59 Å². The summed E-state index contributed by atoms with van der Waals surface area (Å²) >= 11 is 0. The van der Waals surface area contributed by atoms with E-state index in [2.05, 4.69) is 10.3 Å². The highest BCUT2D eigenvalue weighted by molar-refractivity contribution is 5.95. The summed E-state index contributed by atoms with van der Waals surface area (Å²) in [7, 11) is 1.84. The van der Waals surface area contributed by atoms with Crippen molar-refractivity contribution >= 4 is 11.8 Å². The number of amides is 2. The van der Waals surface area contributed by atoms with Gasteiger partial charge in [0.2, 0.25) is 5.91 Å². The van der Waals surface area contributed by atoms with E-state index in [4.69, 9.17) is 0 Å². The summed E-state index contributed by atoms with van der Waals surface area (Å²) in [6.45, 7) is 2.50. The zero-order valence-electron chi connectivity index (χ0n) is 14.1.